The molecule has 1 aliphatic rings. The second kappa shape index (κ2) is 5.16. The highest BCUT2D eigenvalue weighted by Gasteiger charge is 2.30. The summed E-state index contributed by atoms with van der Waals surface area (Å²) in [6.07, 6.45) is 0. The van der Waals surface area contributed by atoms with Crippen LogP contribution in [0.1, 0.15) is 6.92 Å². The molecule has 0 aromatic heterocycles. The lowest BCUT2D eigenvalue weighted by atomic mass is 10.1. The Bertz CT molecular complexity index is 727. The minimum atomic E-state index is -3.41. The highest BCUT2D eigenvalue weighted by atomic mass is 32.2. The molecule has 1 N–H and O–H groups in total. The average Bonchev–Trinajstić information content (AvgIpc) is 2.47. The van der Waals surface area contributed by atoms with E-state index in [0.717, 1.165) is 10.8 Å². The molecule has 2 aromatic rings. The maximum absolute atomic E-state index is 12.7. The molecular weight excluding hydrogens is 272 g/mol. The second-order valence-corrected chi connectivity index (χ2v) is 7.07. The zero-order chi connectivity index (χ0) is 14.2. The number of sulfonamides is 1. The van der Waals surface area contributed by atoms with Gasteiger partial charge in [-0.15, -0.1) is 0 Å². The molecule has 20 heavy (non-hydrogen) atoms. The topological polar surface area (TPSA) is 49.4 Å². The molecule has 3 rings (SSSR count). The Morgan fingerprint density at radius 3 is 2.65 bits per heavy atom. The van der Waals surface area contributed by atoms with Crippen molar-refractivity contribution in [3.8, 4) is 0 Å². The molecular formula is C15H18N2O2S. The van der Waals surface area contributed by atoms with Crippen molar-refractivity contribution in [3.05, 3.63) is 42.5 Å². The van der Waals surface area contributed by atoms with Gasteiger partial charge in [-0.2, -0.15) is 4.31 Å². The fourth-order valence-electron chi connectivity index (χ4n) is 2.64. The number of nitrogens with zero attached hydrogens (tertiary/aromatic N) is 1. The number of piperazine rings is 1. The van der Waals surface area contributed by atoms with Crippen LogP contribution in [0.25, 0.3) is 10.8 Å². The number of rotatable bonds is 2. The first-order valence-electron chi connectivity index (χ1n) is 6.80. The van der Waals surface area contributed by atoms with Crippen molar-refractivity contribution in [2.45, 2.75) is 17.9 Å². The van der Waals surface area contributed by atoms with E-state index < -0.39 is 10.0 Å². The van der Waals surface area contributed by atoms with Crippen molar-refractivity contribution < 1.29 is 8.42 Å². The van der Waals surface area contributed by atoms with Gasteiger partial charge in [-0.3, -0.25) is 0 Å². The van der Waals surface area contributed by atoms with Gasteiger partial charge in [0.05, 0.1) is 4.90 Å². The fourth-order valence-corrected chi connectivity index (χ4v) is 4.31. The fraction of sp³-hybridized carbons (Fsp3) is 0.333. The van der Waals surface area contributed by atoms with Crippen LogP contribution in [-0.4, -0.2) is 38.4 Å². The Morgan fingerprint density at radius 2 is 1.90 bits per heavy atom. The molecule has 106 valence electrons. The second-order valence-electron chi connectivity index (χ2n) is 5.18. The summed E-state index contributed by atoms with van der Waals surface area (Å²) in [4.78, 5) is 0.380. The third kappa shape index (κ3) is 2.32. The van der Waals surface area contributed by atoms with Crippen molar-refractivity contribution in [1.82, 2.24) is 9.62 Å². The Morgan fingerprint density at radius 1 is 1.15 bits per heavy atom. The van der Waals surface area contributed by atoms with E-state index in [1.54, 1.807) is 16.4 Å². The normalized spacial score (nSPS) is 21.1. The van der Waals surface area contributed by atoms with Gasteiger partial charge in [-0.1, -0.05) is 30.3 Å². The summed E-state index contributed by atoms with van der Waals surface area (Å²) in [6, 6.07) is 13.1. The van der Waals surface area contributed by atoms with Crippen molar-refractivity contribution >= 4 is 20.8 Å². The lowest BCUT2D eigenvalue weighted by molar-refractivity contribution is 0.284. The molecule has 0 saturated carbocycles. The van der Waals surface area contributed by atoms with E-state index in [0.29, 0.717) is 24.5 Å². The standard InChI is InChI=1S/C15H18N2O2S/c1-12-11-16-8-9-17(12)20(18,19)15-7-6-13-4-2-3-5-14(13)10-15/h2-7,10,12,16H,8-9,11H2,1H3/t12-/m1/s1. The molecule has 0 unspecified atom stereocenters. The Labute approximate surface area is 119 Å². The predicted octanol–water partition coefficient (Wildman–Crippen LogP) is 1.82. The molecule has 0 bridgehead atoms. The molecule has 1 aliphatic heterocycles. The number of benzene rings is 2. The third-order valence-corrected chi connectivity index (χ3v) is 5.78. The predicted molar refractivity (Wildman–Crippen MR) is 80.2 cm³/mol. The van der Waals surface area contributed by atoms with Crippen LogP contribution >= 0.6 is 0 Å². The van der Waals surface area contributed by atoms with Gasteiger partial charge < -0.3 is 5.32 Å². The lowest BCUT2D eigenvalue weighted by Gasteiger charge is -2.32. The first kappa shape index (κ1) is 13.5. The largest absolute Gasteiger partial charge is 0.314 e. The zero-order valence-corrected chi connectivity index (χ0v) is 12.2. The van der Waals surface area contributed by atoms with Gasteiger partial charge in [-0.05, 0) is 29.8 Å². The van der Waals surface area contributed by atoms with Gasteiger partial charge in [0.15, 0.2) is 0 Å². The number of fused-ring (bicyclic) bond motifs is 1. The summed E-state index contributed by atoms with van der Waals surface area (Å²) >= 11 is 0. The number of hydrogen-bond acceptors (Lipinski definition) is 3. The molecule has 0 spiro atoms. The Kier molecular flexibility index (Phi) is 3.50. The van der Waals surface area contributed by atoms with Gasteiger partial charge in [0.2, 0.25) is 10.0 Å². The molecule has 0 amide bonds. The van der Waals surface area contributed by atoms with Crippen molar-refractivity contribution in [3.63, 3.8) is 0 Å². The minimum absolute atomic E-state index is 0.0137. The summed E-state index contributed by atoms with van der Waals surface area (Å²) in [5.74, 6) is 0. The van der Waals surface area contributed by atoms with Crippen molar-refractivity contribution in [1.29, 1.82) is 0 Å². The Balaban J connectivity index is 2.04. The quantitative estimate of drug-likeness (QED) is 0.918. The van der Waals surface area contributed by atoms with E-state index in [1.807, 2.05) is 37.3 Å². The minimum Gasteiger partial charge on any atom is -0.314 e. The maximum atomic E-state index is 12.7. The van der Waals surface area contributed by atoms with Gasteiger partial charge in [0, 0.05) is 25.7 Å². The van der Waals surface area contributed by atoms with Crippen molar-refractivity contribution in [2.75, 3.05) is 19.6 Å². The highest BCUT2D eigenvalue weighted by molar-refractivity contribution is 7.89. The third-order valence-electron chi connectivity index (χ3n) is 3.77. The first-order chi connectivity index (χ1) is 9.59. The summed E-state index contributed by atoms with van der Waals surface area (Å²) < 4.78 is 27.1. The first-order valence-corrected chi connectivity index (χ1v) is 8.24. The maximum Gasteiger partial charge on any atom is 0.243 e. The Hall–Kier alpha value is -1.43. The smallest absolute Gasteiger partial charge is 0.243 e. The van der Waals surface area contributed by atoms with Crippen LogP contribution in [0.5, 0.6) is 0 Å². The van der Waals surface area contributed by atoms with Gasteiger partial charge >= 0.3 is 0 Å². The zero-order valence-electron chi connectivity index (χ0n) is 11.4. The summed E-state index contributed by atoms with van der Waals surface area (Å²) in [6.45, 7) is 3.87. The van der Waals surface area contributed by atoms with Crippen LogP contribution in [0, 0.1) is 0 Å². The summed E-state index contributed by atoms with van der Waals surface area (Å²) in [5, 5.41) is 5.22. The van der Waals surface area contributed by atoms with E-state index in [2.05, 4.69) is 5.32 Å². The van der Waals surface area contributed by atoms with Gasteiger partial charge in [-0.25, -0.2) is 8.42 Å². The molecule has 1 saturated heterocycles. The summed E-state index contributed by atoms with van der Waals surface area (Å²) in [7, 11) is -3.41. The van der Waals surface area contributed by atoms with E-state index >= 15 is 0 Å². The van der Waals surface area contributed by atoms with Gasteiger partial charge in [0.25, 0.3) is 0 Å². The molecule has 1 heterocycles. The van der Waals surface area contributed by atoms with Crippen LogP contribution in [0.3, 0.4) is 0 Å². The van der Waals surface area contributed by atoms with Crippen molar-refractivity contribution in [2.24, 2.45) is 0 Å². The van der Waals surface area contributed by atoms with Crippen LogP contribution in [0.2, 0.25) is 0 Å². The molecule has 2 aromatic carbocycles. The van der Waals surface area contributed by atoms with E-state index in [9.17, 15) is 8.42 Å². The van der Waals surface area contributed by atoms with Crippen LogP contribution in [0.15, 0.2) is 47.4 Å². The monoisotopic (exact) mass is 290 g/mol. The van der Waals surface area contributed by atoms with E-state index in [4.69, 9.17) is 0 Å². The lowest BCUT2D eigenvalue weighted by Crippen LogP contribution is -2.52. The van der Waals surface area contributed by atoms with Crippen LogP contribution in [-0.2, 0) is 10.0 Å². The molecule has 1 atom stereocenters. The SMILES string of the molecule is C[C@@H]1CNCCN1S(=O)(=O)c1ccc2ccccc2c1. The molecule has 4 nitrogen and oxygen atoms in total. The van der Waals surface area contributed by atoms with Crippen LogP contribution < -0.4 is 5.32 Å². The van der Waals surface area contributed by atoms with E-state index in [-0.39, 0.29) is 6.04 Å². The molecule has 5 heteroatoms. The molecule has 0 aliphatic carbocycles. The number of nitrogens with one attached hydrogen (secondary N) is 1. The number of hydrogen-bond donors (Lipinski definition) is 1. The highest BCUT2D eigenvalue weighted by Crippen LogP contribution is 2.23. The molecule has 1 fully saturated rings. The van der Waals surface area contributed by atoms with E-state index in [1.165, 1.54) is 0 Å². The van der Waals surface area contributed by atoms with Crippen LogP contribution in [0.4, 0.5) is 0 Å². The molecule has 0 radical (unpaired) electrons. The summed E-state index contributed by atoms with van der Waals surface area (Å²) in [5.41, 5.74) is 0. The average molecular weight is 290 g/mol. The van der Waals surface area contributed by atoms with Gasteiger partial charge in [0.1, 0.15) is 0 Å².